The van der Waals surface area contributed by atoms with Crippen molar-refractivity contribution in [3.8, 4) is 0 Å². The molecule has 0 aliphatic heterocycles. The maximum atomic E-state index is 12.2. The van der Waals surface area contributed by atoms with Crippen molar-refractivity contribution in [1.82, 2.24) is 9.78 Å². The Hall–Kier alpha value is -3.13. The second kappa shape index (κ2) is 8.05. The highest BCUT2D eigenvalue weighted by Gasteiger charge is 2.13. The van der Waals surface area contributed by atoms with Gasteiger partial charge in [-0.2, -0.15) is 5.10 Å². The number of carbonyl (C=O) groups excluding carboxylic acids is 1. The van der Waals surface area contributed by atoms with Gasteiger partial charge in [0.25, 0.3) is 5.69 Å². The van der Waals surface area contributed by atoms with Crippen LogP contribution in [0.3, 0.4) is 0 Å². The summed E-state index contributed by atoms with van der Waals surface area (Å²) in [4.78, 5) is 24.7. The third-order valence-electron chi connectivity index (χ3n) is 3.72. The van der Waals surface area contributed by atoms with Crippen LogP contribution in [0.4, 0.5) is 11.4 Å². The van der Waals surface area contributed by atoms with Crippen molar-refractivity contribution < 1.29 is 9.72 Å². The van der Waals surface area contributed by atoms with Gasteiger partial charge in [0.05, 0.1) is 10.6 Å². The third-order valence-corrected chi connectivity index (χ3v) is 4.70. The molecule has 138 valence electrons. The van der Waals surface area contributed by atoms with Crippen molar-refractivity contribution in [2.75, 3.05) is 5.32 Å². The molecule has 0 bridgehead atoms. The number of nitro benzene ring substituents is 1. The summed E-state index contributed by atoms with van der Waals surface area (Å²) in [5.41, 5.74) is 2.26. The standard InChI is InChI=1S/C19H18N4O3S/c1-13-3-5-17(6-4-13)27-18-10-15(9-16(11-18)23(25)26)20-19(24)12-22-8-7-14(2)21-22/h3-11H,12H2,1-2H3,(H,20,24). The highest BCUT2D eigenvalue weighted by molar-refractivity contribution is 7.99. The smallest absolute Gasteiger partial charge is 0.272 e. The van der Waals surface area contributed by atoms with Crippen LogP contribution in [0.2, 0.25) is 0 Å². The molecule has 7 nitrogen and oxygen atoms in total. The number of benzene rings is 2. The quantitative estimate of drug-likeness (QED) is 0.510. The van der Waals surface area contributed by atoms with Gasteiger partial charge in [-0.3, -0.25) is 19.6 Å². The number of nitro groups is 1. The van der Waals surface area contributed by atoms with Crippen molar-refractivity contribution in [2.45, 2.75) is 30.2 Å². The number of nitrogens with zero attached hydrogens (tertiary/aromatic N) is 3. The Balaban J connectivity index is 1.79. The summed E-state index contributed by atoms with van der Waals surface area (Å²) in [5, 5.41) is 18.1. The molecule has 3 rings (SSSR count). The van der Waals surface area contributed by atoms with E-state index in [1.165, 1.54) is 28.6 Å². The van der Waals surface area contributed by atoms with E-state index in [4.69, 9.17) is 0 Å². The maximum absolute atomic E-state index is 12.2. The van der Waals surface area contributed by atoms with Crippen molar-refractivity contribution >= 4 is 29.0 Å². The fraction of sp³-hybridized carbons (Fsp3) is 0.158. The van der Waals surface area contributed by atoms with E-state index in [2.05, 4.69) is 10.4 Å². The summed E-state index contributed by atoms with van der Waals surface area (Å²) < 4.78 is 1.52. The Morgan fingerprint density at radius 1 is 1.15 bits per heavy atom. The number of aryl methyl sites for hydroxylation is 2. The molecule has 0 aliphatic rings. The monoisotopic (exact) mass is 382 g/mol. The van der Waals surface area contributed by atoms with Gasteiger partial charge in [0.2, 0.25) is 5.91 Å². The molecule has 3 aromatic rings. The minimum absolute atomic E-state index is 0.0387. The predicted molar refractivity (Wildman–Crippen MR) is 104 cm³/mol. The van der Waals surface area contributed by atoms with Crippen molar-refractivity contribution in [3.05, 3.63) is 76.1 Å². The Labute approximate surface area is 160 Å². The zero-order chi connectivity index (χ0) is 19.4. The number of carbonyl (C=O) groups is 1. The number of hydrogen-bond donors (Lipinski definition) is 1. The third kappa shape index (κ3) is 5.18. The first-order valence-corrected chi connectivity index (χ1v) is 9.04. The summed E-state index contributed by atoms with van der Waals surface area (Å²) in [7, 11) is 0. The zero-order valence-electron chi connectivity index (χ0n) is 14.9. The molecule has 0 saturated heterocycles. The van der Waals surface area contributed by atoms with E-state index < -0.39 is 4.92 Å². The molecule has 0 unspecified atom stereocenters. The second-order valence-corrected chi connectivity index (χ2v) is 7.24. The lowest BCUT2D eigenvalue weighted by Gasteiger charge is -2.08. The molecule has 1 N–H and O–H groups in total. The average molecular weight is 382 g/mol. The average Bonchev–Trinajstić information content (AvgIpc) is 3.01. The Bertz CT molecular complexity index is 983. The van der Waals surface area contributed by atoms with E-state index in [1.54, 1.807) is 18.3 Å². The molecule has 2 aromatic carbocycles. The Morgan fingerprint density at radius 3 is 2.52 bits per heavy atom. The molecule has 0 fully saturated rings. The summed E-state index contributed by atoms with van der Waals surface area (Å²) >= 11 is 1.40. The second-order valence-electron chi connectivity index (χ2n) is 6.09. The molecule has 1 amide bonds. The van der Waals surface area contributed by atoms with E-state index in [0.29, 0.717) is 10.6 Å². The van der Waals surface area contributed by atoms with Crippen molar-refractivity contribution in [2.24, 2.45) is 0 Å². The van der Waals surface area contributed by atoms with E-state index >= 15 is 0 Å². The summed E-state index contributed by atoms with van der Waals surface area (Å²) in [6, 6.07) is 14.3. The fourth-order valence-electron chi connectivity index (χ4n) is 2.46. The van der Waals surface area contributed by atoms with Gasteiger partial charge >= 0.3 is 0 Å². The number of non-ortho nitro benzene ring substituents is 1. The van der Waals surface area contributed by atoms with Gasteiger partial charge in [-0.05, 0) is 38.1 Å². The number of nitrogens with one attached hydrogen (secondary N) is 1. The minimum Gasteiger partial charge on any atom is -0.324 e. The van der Waals surface area contributed by atoms with Crippen LogP contribution < -0.4 is 5.32 Å². The molecular formula is C19H18N4O3S. The molecule has 0 saturated carbocycles. The predicted octanol–water partition coefficient (Wildman–Crippen LogP) is 4.20. The molecular weight excluding hydrogens is 364 g/mol. The molecule has 0 atom stereocenters. The van der Waals surface area contributed by atoms with Crippen LogP contribution in [0, 0.1) is 24.0 Å². The number of rotatable bonds is 6. The summed E-state index contributed by atoms with van der Waals surface area (Å²) in [5.74, 6) is -0.301. The van der Waals surface area contributed by atoms with Gasteiger partial charge in [0.15, 0.2) is 0 Å². The normalized spacial score (nSPS) is 10.6. The molecule has 8 heteroatoms. The van der Waals surface area contributed by atoms with Gasteiger partial charge in [0, 0.05) is 33.8 Å². The first-order chi connectivity index (χ1) is 12.9. The highest BCUT2D eigenvalue weighted by atomic mass is 32.2. The van der Waals surface area contributed by atoms with Crippen LogP contribution >= 0.6 is 11.8 Å². The molecule has 0 aliphatic carbocycles. The van der Waals surface area contributed by atoms with Crippen LogP contribution in [0.1, 0.15) is 11.3 Å². The molecule has 27 heavy (non-hydrogen) atoms. The lowest BCUT2D eigenvalue weighted by molar-refractivity contribution is -0.385. The van der Waals surface area contributed by atoms with E-state index in [1.807, 2.05) is 38.1 Å². The molecule has 0 radical (unpaired) electrons. The van der Waals surface area contributed by atoms with E-state index in [-0.39, 0.29) is 18.1 Å². The van der Waals surface area contributed by atoms with E-state index in [9.17, 15) is 14.9 Å². The SMILES string of the molecule is Cc1ccc(Sc2cc(NC(=O)Cn3ccc(C)n3)cc([N+](=O)[O-])c2)cc1. The molecule has 0 spiro atoms. The van der Waals surface area contributed by atoms with Crippen LogP contribution in [0.15, 0.2) is 64.5 Å². The fourth-order valence-corrected chi connectivity index (χ4v) is 3.37. The number of anilines is 1. The molecule has 1 aromatic heterocycles. The van der Waals surface area contributed by atoms with Crippen molar-refractivity contribution in [1.29, 1.82) is 0 Å². The summed E-state index contributed by atoms with van der Waals surface area (Å²) in [6.45, 7) is 3.87. The minimum atomic E-state index is -0.467. The van der Waals surface area contributed by atoms with Crippen LogP contribution in [-0.4, -0.2) is 20.6 Å². The van der Waals surface area contributed by atoms with E-state index in [0.717, 1.165) is 16.2 Å². The number of amides is 1. The Kier molecular flexibility index (Phi) is 5.56. The van der Waals surface area contributed by atoms with Gasteiger partial charge in [-0.1, -0.05) is 29.5 Å². The zero-order valence-corrected chi connectivity index (χ0v) is 15.7. The lowest BCUT2D eigenvalue weighted by Crippen LogP contribution is -2.19. The van der Waals surface area contributed by atoms with Gasteiger partial charge in [-0.25, -0.2) is 0 Å². The molecule has 1 heterocycles. The number of aromatic nitrogens is 2. The van der Waals surface area contributed by atoms with Crippen molar-refractivity contribution in [3.63, 3.8) is 0 Å². The Morgan fingerprint density at radius 2 is 1.89 bits per heavy atom. The van der Waals surface area contributed by atoms with Crippen LogP contribution in [0.5, 0.6) is 0 Å². The summed E-state index contributed by atoms with van der Waals surface area (Å²) in [6.07, 6.45) is 1.71. The first kappa shape index (κ1) is 18.7. The van der Waals surface area contributed by atoms with Crippen LogP contribution in [0.25, 0.3) is 0 Å². The maximum Gasteiger partial charge on any atom is 0.272 e. The first-order valence-electron chi connectivity index (χ1n) is 8.23. The highest BCUT2D eigenvalue weighted by Crippen LogP contribution is 2.33. The van der Waals surface area contributed by atoms with Gasteiger partial charge < -0.3 is 5.32 Å². The topological polar surface area (TPSA) is 90.1 Å². The van der Waals surface area contributed by atoms with Crippen LogP contribution in [-0.2, 0) is 11.3 Å². The lowest BCUT2D eigenvalue weighted by atomic mass is 10.2. The van der Waals surface area contributed by atoms with Gasteiger partial charge in [-0.15, -0.1) is 0 Å². The van der Waals surface area contributed by atoms with Gasteiger partial charge in [0.1, 0.15) is 6.54 Å². The largest absolute Gasteiger partial charge is 0.324 e. The number of hydrogen-bond acceptors (Lipinski definition) is 5.